The maximum absolute atomic E-state index is 13.1. The van der Waals surface area contributed by atoms with Crippen molar-refractivity contribution in [1.29, 1.82) is 0 Å². The number of β-lactam (4-membered cyclic amide) rings is 1. The van der Waals surface area contributed by atoms with E-state index in [0.29, 0.717) is 11.1 Å². The molecular weight excluding hydrogens is 556 g/mol. The molecule has 1 aromatic carbocycles. The van der Waals surface area contributed by atoms with E-state index in [1.165, 1.54) is 43.4 Å². The number of sulfonamides is 1. The van der Waals surface area contributed by atoms with Gasteiger partial charge in [0.15, 0.2) is 10.8 Å². The van der Waals surface area contributed by atoms with Gasteiger partial charge in [0.2, 0.25) is 10.0 Å². The number of aliphatic carboxylic acids is 1. The number of benzene rings is 1. The van der Waals surface area contributed by atoms with Crippen molar-refractivity contribution >= 4 is 61.7 Å². The minimum Gasteiger partial charge on any atom is -0.477 e. The predicted octanol–water partition coefficient (Wildman–Crippen LogP) is 0.274. The number of nitrogens with one attached hydrogen (secondary N) is 2. The Morgan fingerprint density at radius 1 is 1.37 bits per heavy atom. The number of rotatable bonds is 9. The van der Waals surface area contributed by atoms with Crippen molar-refractivity contribution in [3.63, 3.8) is 0 Å². The van der Waals surface area contributed by atoms with Crippen molar-refractivity contribution in [3.8, 4) is 0 Å². The standard InChI is InChI=1S/C22H24N6O7S3/c1-10-4-5-13(38(33,34)24-2)7-11(10)6-12-8-36-20-16(19(30)28(20)17(12)21(31)32)26-18(29)15(27-35-3)14-9-37-22(23)25-14/h4-5,7,9,16,20,24H,6,8H2,1-3H3,(H2,23,25)(H,26,29)(H,31,32)/b27-15+/t16-,20-/m1/s1. The van der Waals surface area contributed by atoms with Gasteiger partial charge in [0, 0.05) is 11.1 Å². The fourth-order valence-electron chi connectivity index (χ4n) is 4.07. The molecule has 0 saturated carbocycles. The number of thioether (sulfide) groups is 1. The third-order valence-electron chi connectivity index (χ3n) is 6.00. The number of carbonyl (C=O) groups excluding carboxylic acids is 2. The highest BCUT2D eigenvalue weighted by Crippen LogP contribution is 2.41. The van der Waals surface area contributed by atoms with Crippen LogP contribution in [0.2, 0.25) is 0 Å². The van der Waals surface area contributed by atoms with Crippen molar-refractivity contribution < 1.29 is 32.7 Å². The SMILES string of the molecule is CNS(=O)(=O)c1ccc(C)c(CC2=C(C(=O)O)N3C(=O)[C@@H](NC(=O)/C(=N/OC)c4csc(N)n4)[C@H]3SC2)c1. The summed E-state index contributed by atoms with van der Waals surface area (Å²) in [5.74, 6) is -2.35. The first-order valence-electron chi connectivity index (χ1n) is 11.0. The Kier molecular flexibility index (Phi) is 7.78. The zero-order valence-electron chi connectivity index (χ0n) is 20.4. The number of nitrogens with zero attached hydrogens (tertiary/aromatic N) is 3. The molecule has 4 rings (SSSR count). The number of oxime groups is 1. The topological polar surface area (TPSA) is 193 Å². The molecule has 0 spiro atoms. The zero-order valence-corrected chi connectivity index (χ0v) is 22.9. The van der Waals surface area contributed by atoms with Gasteiger partial charge in [0.25, 0.3) is 11.8 Å². The number of hydrogen-bond donors (Lipinski definition) is 4. The van der Waals surface area contributed by atoms with Crippen LogP contribution >= 0.6 is 23.1 Å². The van der Waals surface area contributed by atoms with E-state index in [1.54, 1.807) is 13.0 Å². The Bertz CT molecular complexity index is 1480. The zero-order chi connectivity index (χ0) is 27.8. The summed E-state index contributed by atoms with van der Waals surface area (Å²) in [4.78, 5) is 48.2. The molecule has 2 atom stereocenters. The molecule has 2 amide bonds. The fourth-order valence-corrected chi connectivity index (χ4v) is 6.75. The van der Waals surface area contributed by atoms with E-state index < -0.39 is 39.2 Å². The summed E-state index contributed by atoms with van der Waals surface area (Å²) in [6.07, 6.45) is 0.136. The summed E-state index contributed by atoms with van der Waals surface area (Å²) in [5.41, 5.74) is 7.32. The fraction of sp³-hybridized carbons (Fsp3) is 0.318. The Hall–Kier alpha value is -3.47. The number of carboxylic acid groups (broad SMARTS) is 1. The molecule has 0 aliphatic carbocycles. The van der Waals surface area contributed by atoms with Crippen LogP contribution in [0.3, 0.4) is 0 Å². The molecule has 1 saturated heterocycles. The largest absolute Gasteiger partial charge is 0.477 e. The highest BCUT2D eigenvalue weighted by atomic mass is 32.2. The van der Waals surface area contributed by atoms with Crippen LogP contribution in [0.15, 0.2) is 44.9 Å². The smallest absolute Gasteiger partial charge is 0.352 e. The van der Waals surface area contributed by atoms with E-state index in [4.69, 9.17) is 10.6 Å². The lowest BCUT2D eigenvalue weighted by Gasteiger charge is -2.49. The van der Waals surface area contributed by atoms with E-state index in [9.17, 15) is 27.9 Å². The highest BCUT2D eigenvalue weighted by molar-refractivity contribution is 8.00. The summed E-state index contributed by atoms with van der Waals surface area (Å²) in [5, 5.41) is 17.4. The molecule has 5 N–H and O–H groups in total. The lowest BCUT2D eigenvalue weighted by molar-refractivity contribution is -0.150. The van der Waals surface area contributed by atoms with Crippen molar-refractivity contribution in [2.75, 3.05) is 25.6 Å². The highest BCUT2D eigenvalue weighted by Gasteiger charge is 2.54. The van der Waals surface area contributed by atoms with Crippen LogP contribution in [0.1, 0.15) is 16.8 Å². The van der Waals surface area contributed by atoms with E-state index in [1.807, 2.05) is 0 Å². The maximum Gasteiger partial charge on any atom is 0.352 e. The summed E-state index contributed by atoms with van der Waals surface area (Å²) in [7, 11) is -1.13. The van der Waals surface area contributed by atoms with Crippen LogP contribution in [0, 0.1) is 6.92 Å². The van der Waals surface area contributed by atoms with E-state index in [0.717, 1.165) is 21.8 Å². The number of hydrogen-bond acceptors (Lipinski definition) is 11. The van der Waals surface area contributed by atoms with Crippen molar-refractivity contribution in [3.05, 3.63) is 51.7 Å². The molecule has 0 radical (unpaired) electrons. The van der Waals surface area contributed by atoms with Gasteiger partial charge in [-0.05, 0) is 49.2 Å². The lowest BCUT2D eigenvalue weighted by atomic mass is 9.97. The molecule has 1 fully saturated rings. The molecule has 2 aromatic rings. The van der Waals surface area contributed by atoms with Crippen LogP contribution in [0.5, 0.6) is 0 Å². The number of nitrogen functional groups attached to an aromatic ring is 1. The quantitative estimate of drug-likeness (QED) is 0.182. The van der Waals surface area contributed by atoms with E-state index >= 15 is 0 Å². The Balaban J connectivity index is 1.58. The van der Waals surface area contributed by atoms with Gasteiger partial charge in [-0.1, -0.05) is 11.2 Å². The number of carbonyl (C=O) groups is 3. The number of aromatic nitrogens is 1. The second-order valence-electron chi connectivity index (χ2n) is 8.28. The van der Waals surface area contributed by atoms with Crippen molar-refractivity contribution in [2.45, 2.75) is 29.7 Å². The first-order valence-corrected chi connectivity index (χ1v) is 14.5. The van der Waals surface area contributed by atoms with Gasteiger partial charge in [-0.3, -0.25) is 14.5 Å². The van der Waals surface area contributed by atoms with E-state index in [-0.39, 0.29) is 39.3 Å². The summed E-state index contributed by atoms with van der Waals surface area (Å²) in [6, 6.07) is 3.62. The van der Waals surface area contributed by atoms with Crippen molar-refractivity contribution in [2.24, 2.45) is 5.16 Å². The number of amides is 2. The Morgan fingerprint density at radius 3 is 2.71 bits per heavy atom. The van der Waals surface area contributed by atoms with Crippen LogP contribution in [0.25, 0.3) is 0 Å². The summed E-state index contributed by atoms with van der Waals surface area (Å²) < 4.78 is 26.8. The Labute approximate surface area is 226 Å². The van der Waals surface area contributed by atoms with Crippen LogP contribution in [0.4, 0.5) is 5.13 Å². The van der Waals surface area contributed by atoms with Gasteiger partial charge in [-0.25, -0.2) is 22.9 Å². The first kappa shape index (κ1) is 27.6. The average molecular weight is 581 g/mol. The normalized spacial score (nSPS) is 19.6. The molecule has 0 bridgehead atoms. The number of fused-ring (bicyclic) bond motifs is 1. The second-order valence-corrected chi connectivity index (χ2v) is 12.2. The molecule has 2 aliphatic heterocycles. The van der Waals surface area contributed by atoms with Crippen LogP contribution in [-0.4, -0.2) is 78.2 Å². The second kappa shape index (κ2) is 10.7. The molecule has 2 aliphatic rings. The number of nitrogens with two attached hydrogens (primary N) is 1. The molecular formula is C22H24N6O7S3. The van der Waals surface area contributed by atoms with Gasteiger partial charge in [-0.15, -0.1) is 23.1 Å². The first-order chi connectivity index (χ1) is 18.0. The van der Waals surface area contributed by atoms with Gasteiger partial charge >= 0.3 is 5.97 Å². The lowest BCUT2D eigenvalue weighted by Crippen LogP contribution is -2.71. The van der Waals surface area contributed by atoms with Gasteiger partial charge in [0.05, 0.1) is 4.90 Å². The minimum atomic E-state index is -3.70. The molecule has 1 aromatic heterocycles. The number of aryl methyl sites for hydroxylation is 1. The third kappa shape index (κ3) is 5.11. The number of anilines is 1. The molecule has 38 heavy (non-hydrogen) atoms. The third-order valence-corrected chi connectivity index (χ3v) is 9.43. The molecule has 3 heterocycles. The number of carboxylic acids is 1. The van der Waals surface area contributed by atoms with Gasteiger partial charge < -0.3 is 21.0 Å². The molecule has 13 nitrogen and oxygen atoms in total. The maximum atomic E-state index is 13.1. The summed E-state index contributed by atoms with van der Waals surface area (Å²) in [6.45, 7) is 1.79. The van der Waals surface area contributed by atoms with Crippen molar-refractivity contribution in [1.82, 2.24) is 19.9 Å². The summed E-state index contributed by atoms with van der Waals surface area (Å²) >= 11 is 2.40. The predicted molar refractivity (Wildman–Crippen MR) is 141 cm³/mol. The molecule has 202 valence electrons. The molecule has 0 unspecified atom stereocenters. The van der Waals surface area contributed by atoms with Gasteiger partial charge in [0.1, 0.15) is 29.9 Å². The Morgan fingerprint density at radius 2 is 2.11 bits per heavy atom. The average Bonchev–Trinajstić information content (AvgIpc) is 3.31. The van der Waals surface area contributed by atoms with Crippen LogP contribution < -0.4 is 15.8 Å². The minimum absolute atomic E-state index is 0.0533. The number of thiazole rings is 1. The monoisotopic (exact) mass is 580 g/mol. The van der Waals surface area contributed by atoms with Gasteiger partial charge in [-0.2, -0.15) is 0 Å². The molecule has 16 heteroatoms. The van der Waals surface area contributed by atoms with E-state index in [2.05, 4.69) is 20.2 Å². The van der Waals surface area contributed by atoms with Crippen LogP contribution in [-0.2, 0) is 35.7 Å².